The predicted octanol–water partition coefficient (Wildman–Crippen LogP) is 1.99. The van der Waals surface area contributed by atoms with Gasteiger partial charge in [-0.3, -0.25) is 0 Å². The normalized spacial score (nSPS) is 10.6. The number of hydrogen-bond donors (Lipinski definition) is 0. The molecule has 2 rings (SSSR count). The molecular weight excluding hydrogens is 212 g/mol. The monoisotopic (exact) mass is 231 g/mol. The van der Waals surface area contributed by atoms with Crippen molar-refractivity contribution in [2.24, 2.45) is 7.05 Å². The van der Waals surface area contributed by atoms with Gasteiger partial charge in [0.1, 0.15) is 24.7 Å². The minimum absolute atomic E-state index is 0.840. The number of aromatic nitrogens is 2. The molecule has 0 atom stereocenters. The molecule has 0 amide bonds. The molecule has 0 fully saturated rings. The van der Waals surface area contributed by atoms with Crippen molar-refractivity contribution in [1.82, 2.24) is 4.57 Å². The van der Waals surface area contributed by atoms with Crippen LogP contribution in [0, 0.1) is 13.8 Å². The zero-order chi connectivity index (χ0) is 12.4. The van der Waals surface area contributed by atoms with E-state index in [0.29, 0.717) is 0 Å². The number of aryl methyl sites for hydroxylation is 3. The topological polar surface area (TPSA) is 18.0 Å². The smallest absolute Gasteiger partial charge is 0.243 e. The average molecular weight is 231 g/mol. The van der Waals surface area contributed by atoms with Crippen LogP contribution in [-0.2, 0) is 13.6 Å². The highest BCUT2D eigenvalue weighted by Crippen LogP contribution is 2.25. The Hall–Kier alpha value is -1.77. The first-order valence-electron chi connectivity index (χ1n) is 5.75. The third-order valence-electron chi connectivity index (χ3n) is 2.88. The summed E-state index contributed by atoms with van der Waals surface area (Å²) in [6, 6.07) is 4.34. The van der Waals surface area contributed by atoms with Gasteiger partial charge >= 0.3 is 0 Å². The molecule has 1 aromatic carbocycles. The first-order chi connectivity index (χ1) is 8.10. The minimum Gasteiger partial charge on any atom is -0.496 e. The van der Waals surface area contributed by atoms with Crippen molar-refractivity contribution < 1.29 is 9.30 Å². The van der Waals surface area contributed by atoms with E-state index in [1.54, 1.807) is 7.11 Å². The third-order valence-corrected chi connectivity index (χ3v) is 2.88. The summed E-state index contributed by atoms with van der Waals surface area (Å²) in [5, 5.41) is 0. The zero-order valence-corrected chi connectivity index (χ0v) is 10.9. The van der Waals surface area contributed by atoms with Crippen LogP contribution in [0.1, 0.15) is 16.7 Å². The van der Waals surface area contributed by atoms with E-state index in [2.05, 4.69) is 43.1 Å². The Morgan fingerprint density at radius 3 is 2.65 bits per heavy atom. The Morgan fingerprint density at radius 2 is 2.06 bits per heavy atom. The standard InChI is InChI=1S/C14H19N2O/c1-11-7-12(2)14(17-4)13(8-11)9-16-6-5-15(3)10-16/h5-8,10H,9H2,1-4H3/q+1. The summed E-state index contributed by atoms with van der Waals surface area (Å²) in [5.74, 6) is 0.993. The molecule has 90 valence electrons. The molecule has 1 heterocycles. The molecule has 0 aliphatic heterocycles. The number of ether oxygens (including phenoxy) is 1. The maximum absolute atomic E-state index is 5.49. The summed E-state index contributed by atoms with van der Waals surface area (Å²) in [5.41, 5.74) is 3.69. The van der Waals surface area contributed by atoms with Crippen molar-refractivity contribution in [2.75, 3.05) is 7.11 Å². The molecule has 0 bridgehead atoms. The van der Waals surface area contributed by atoms with Crippen LogP contribution in [0.15, 0.2) is 30.9 Å². The number of nitrogens with zero attached hydrogens (tertiary/aromatic N) is 2. The average Bonchev–Trinajstić information content (AvgIpc) is 2.63. The van der Waals surface area contributed by atoms with Gasteiger partial charge < -0.3 is 4.74 Å². The van der Waals surface area contributed by atoms with Crippen LogP contribution in [0.4, 0.5) is 0 Å². The highest BCUT2D eigenvalue weighted by atomic mass is 16.5. The van der Waals surface area contributed by atoms with E-state index < -0.39 is 0 Å². The summed E-state index contributed by atoms with van der Waals surface area (Å²) >= 11 is 0. The fourth-order valence-corrected chi connectivity index (χ4v) is 2.24. The van der Waals surface area contributed by atoms with E-state index in [4.69, 9.17) is 4.74 Å². The highest BCUT2D eigenvalue weighted by Gasteiger charge is 2.10. The molecule has 0 spiro atoms. The van der Waals surface area contributed by atoms with E-state index >= 15 is 0 Å². The molecule has 0 N–H and O–H groups in total. The quantitative estimate of drug-likeness (QED) is 0.739. The molecule has 0 saturated heterocycles. The molecule has 1 aromatic heterocycles. The lowest BCUT2D eigenvalue weighted by molar-refractivity contribution is -0.671. The van der Waals surface area contributed by atoms with Crippen molar-refractivity contribution in [3.63, 3.8) is 0 Å². The van der Waals surface area contributed by atoms with Crippen molar-refractivity contribution in [3.05, 3.63) is 47.5 Å². The second kappa shape index (κ2) is 4.62. The lowest BCUT2D eigenvalue weighted by Gasteiger charge is -2.11. The Labute approximate surface area is 102 Å². The fourth-order valence-electron chi connectivity index (χ4n) is 2.24. The second-order valence-electron chi connectivity index (χ2n) is 4.53. The molecule has 0 saturated carbocycles. The zero-order valence-electron chi connectivity index (χ0n) is 10.9. The molecule has 17 heavy (non-hydrogen) atoms. The first-order valence-corrected chi connectivity index (χ1v) is 5.75. The van der Waals surface area contributed by atoms with Gasteiger partial charge in [0.2, 0.25) is 6.33 Å². The van der Waals surface area contributed by atoms with Crippen molar-refractivity contribution in [3.8, 4) is 5.75 Å². The number of hydrogen-bond acceptors (Lipinski definition) is 1. The van der Waals surface area contributed by atoms with Gasteiger partial charge in [-0.2, -0.15) is 0 Å². The van der Waals surface area contributed by atoms with Crippen molar-refractivity contribution in [2.45, 2.75) is 20.4 Å². The fraction of sp³-hybridized carbons (Fsp3) is 0.357. The summed E-state index contributed by atoms with van der Waals surface area (Å²) in [4.78, 5) is 0. The molecule has 0 aliphatic carbocycles. The summed E-state index contributed by atoms with van der Waals surface area (Å²) in [6.45, 7) is 5.04. The summed E-state index contributed by atoms with van der Waals surface area (Å²) < 4.78 is 9.68. The molecule has 3 heteroatoms. The van der Waals surface area contributed by atoms with Gasteiger partial charge in [0, 0.05) is 5.56 Å². The van der Waals surface area contributed by atoms with Gasteiger partial charge in [0.05, 0.1) is 14.2 Å². The number of rotatable bonds is 3. The Kier molecular flexibility index (Phi) is 3.18. The van der Waals surface area contributed by atoms with E-state index in [1.165, 1.54) is 16.7 Å². The van der Waals surface area contributed by atoms with Crippen LogP contribution in [0.3, 0.4) is 0 Å². The van der Waals surface area contributed by atoms with Gasteiger partial charge in [-0.1, -0.05) is 11.6 Å². The van der Waals surface area contributed by atoms with E-state index in [0.717, 1.165) is 12.3 Å². The van der Waals surface area contributed by atoms with Crippen LogP contribution in [0.5, 0.6) is 5.75 Å². The Bertz CT molecular complexity index is 529. The second-order valence-corrected chi connectivity index (χ2v) is 4.53. The number of methoxy groups -OCH3 is 1. The summed E-state index contributed by atoms with van der Waals surface area (Å²) in [6.07, 6.45) is 6.17. The highest BCUT2D eigenvalue weighted by molar-refractivity contribution is 5.43. The van der Waals surface area contributed by atoms with Crippen molar-refractivity contribution in [1.29, 1.82) is 0 Å². The van der Waals surface area contributed by atoms with Gasteiger partial charge in [0.15, 0.2) is 0 Å². The molecule has 3 nitrogen and oxygen atoms in total. The van der Waals surface area contributed by atoms with Crippen LogP contribution >= 0.6 is 0 Å². The predicted molar refractivity (Wildman–Crippen MR) is 67.2 cm³/mol. The molecule has 0 radical (unpaired) electrons. The largest absolute Gasteiger partial charge is 0.496 e. The van der Waals surface area contributed by atoms with Crippen LogP contribution in [0.25, 0.3) is 0 Å². The van der Waals surface area contributed by atoms with Crippen LogP contribution in [0.2, 0.25) is 0 Å². The molecule has 0 aliphatic rings. The van der Waals surface area contributed by atoms with Gasteiger partial charge in [-0.25, -0.2) is 9.13 Å². The first kappa shape index (κ1) is 11.7. The number of imidazole rings is 1. The lowest BCUT2D eigenvalue weighted by Crippen LogP contribution is -2.23. The van der Waals surface area contributed by atoms with Gasteiger partial charge in [-0.15, -0.1) is 0 Å². The van der Waals surface area contributed by atoms with E-state index in [9.17, 15) is 0 Å². The Balaban J connectivity index is 2.37. The molecular formula is C14H19N2O+. The summed E-state index contributed by atoms with van der Waals surface area (Å²) in [7, 11) is 3.76. The maximum Gasteiger partial charge on any atom is 0.243 e. The van der Waals surface area contributed by atoms with Gasteiger partial charge in [0.25, 0.3) is 0 Å². The maximum atomic E-state index is 5.49. The Morgan fingerprint density at radius 1 is 1.29 bits per heavy atom. The third kappa shape index (κ3) is 2.49. The van der Waals surface area contributed by atoms with E-state index in [1.807, 2.05) is 17.8 Å². The SMILES string of the molecule is COc1c(C)cc(C)cc1Cn1cc[n+](C)c1. The van der Waals surface area contributed by atoms with Crippen LogP contribution < -0.4 is 9.30 Å². The molecule has 0 unspecified atom stereocenters. The molecule has 2 aromatic rings. The lowest BCUT2D eigenvalue weighted by atomic mass is 10.1. The van der Waals surface area contributed by atoms with Crippen molar-refractivity contribution >= 4 is 0 Å². The van der Waals surface area contributed by atoms with E-state index in [-0.39, 0.29) is 0 Å². The minimum atomic E-state index is 0.840. The number of benzene rings is 1. The van der Waals surface area contributed by atoms with Gasteiger partial charge in [-0.05, 0) is 25.5 Å². The van der Waals surface area contributed by atoms with Crippen LogP contribution in [-0.4, -0.2) is 11.7 Å².